The van der Waals surface area contributed by atoms with Gasteiger partial charge >= 0.3 is 0 Å². The lowest BCUT2D eigenvalue weighted by molar-refractivity contribution is 0.111. The molecule has 1 fully saturated rings. The molecule has 0 atom stereocenters. The van der Waals surface area contributed by atoms with Crippen LogP contribution in [0.15, 0.2) is 35.2 Å². The van der Waals surface area contributed by atoms with Crippen LogP contribution in [0.4, 0.5) is 0 Å². The molecule has 0 unspecified atom stereocenters. The van der Waals surface area contributed by atoms with Crippen LogP contribution in [-0.4, -0.2) is 33.1 Å². The van der Waals surface area contributed by atoms with Crippen LogP contribution in [0, 0.1) is 0 Å². The number of likely N-dealkylation sites (tertiary alicyclic amines) is 1. The fourth-order valence-corrected chi connectivity index (χ4v) is 2.80. The first kappa shape index (κ1) is 12.5. The van der Waals surface area contributed by atoms with Crippen molar-refractivity contribution in [1.82, 2.24) is 4.90 Å². The molecule has 94 valence electrons. The van der Waals surface area contributed by atoms with Gasteiger partial charge in [0.2, 0.25) is 0 Å². The SMILES string of the molecule is O=S(=O)(OCN1CCCCC1)c1ccccc1. The number of hydrogen-bond donors (Lipinski definition) is 0. The van der Waals surface area contributed by atoms with E-state index < -0.39 is 10.1 Å². The maximum absolute atomic E-state index is 11.8. The lowest BCUT2D eigenvalue weighted by Crippen LogP contribution is -2.32. The van der Waals surface area contributed by atoms with E-state index in [0.717, 1.165) is 25.9 Å². The highest BCUT2D eigenvalue weighted by Crippen LogP contribution is 2.14. The molecule has 0 aromatic heterocycles. The topological polar surface area (TPSA) is 46.6 Å². The number of rotatable bonds is 4. The summed E-state index contributed by atoms with van der Waals surface area (Å²) < 4.78 is 28.7. The fourth-order valence-electron chi connectivity index (χ4n) is 1.89. The van der Waals surface area contributed by atoms with E-state index in [2.05, 4.69) is 0 Å². The van der Waals surface area contributed by atoms with E-state index in [1.165, 1.54) is 6.42 Å². The predicted octanol–water partition coefficient (Wildman–Crippen LogP) is 1.84. The average Bonchev–Trinajstić information content (AvgIpc) is 2.39. The van der Waals surface area contributed by atoms with Crippen LogP contribution in [0.25, 0.3) is 0 Å². The highest BCUT2D eigenvalue weighted by molar-refractivity contribution is 7.86. The molecule has 0 aliphatic carbocycles. The molecule has 4 nitrogen and oxygen atoms in total. The normalized spacial score (nSPS) is 18.1. The minimum absolute atomic E-state index is 0.164. The summed E-state index contributed by atoms with van der Waals surface area (Å²) in [5.41, 5.74) is 0. The molecule has 1 aliphatic heterocycles. The van der Waals surface area contributed by atoms with Crippen molar-refractivity contribution in [2.24, 2.45) is 0 Å². The standard InChI is InChI=1S/C12H17NO3S/c14-17(15,12-7-3-1-4-8-12)16-11-13-9-5-2-6-10-13/h1,3-4,7-8H,2,5-6,9-11H2. The van der Waals surface area contributed by atoms with E-state index in [9.17, 15) is 8.42 Å². The monoisotopic (exact) mass is 255 g/mol. The Labute approximate surface area is 102 Å². The van der Waals surface area contributed by atoms with Crippen LogP contribution in [0.3, 0.4) is 0 Å². The van der Waals surface area contributed by atoms with Crippen molar-refractivity contribution in [2.45, 2.75) is 24.2 Å². The minimum Gasteiger partial charge on any atom is -0.280 e. The second-order valence-corrected chi connectivity index (χ2v) is 5.81. The van der Waals surface area contributed by atoms with Crippen LogP contribution < -0.4 is 0 Å². The zero-order valence-corrected chi connectivity index (χ0v) is 10.5. The summed E-state index contributed by atoms with van der Waals surface area (Å²) in [6.07, 6.45) is 3.46. The summed E-state index contributed by atoms with van der Waals surface area (Å²) in [4.78, 5) is 2.25. The van der Waals surface area contributed by atoms with Gasteiger partial charge < -0.3 is 0 Å². The maximum atomic E-state index is 11.8. The van der Waals surface area contributed by atoms with Gasteiger partial charge in [-0.25, -0.2) is 0 Å². The second-order valence-electron chi connectivity index (χ2n) is 4.19. The summed E-state index contributed by atoms with van der Waals surface area (Å²) in [6.45, 7) is 2.01. The van der Waals surface area contributed by atoms with Crippen LogP contribution in [0.1, 0.15) is 19.3 Å². The van der Waals surface area contributed by atoms with E-state index in [-0.39, 0.29) is 11.6 Å². The molecule has 1 saturated heterocycles. The van der Waals surface area contributed by atoms with Gasteiger partial charge in [-0.3, -0.25) is 9.08 Å². The Morgan fingerprint density at radius 1 is 1.06 bits per heavy atom. The van der Waals surface area contributed by atoms with Gasteiger partial charge in [0, 0.05) is 13.1 Å². The van der Waals surface area contributed by atoms with Gasteiger partial charge in [-0.15, -0.1) is 0 Å². The molecule has 0 N–H and O–H groups in total. The van der Waals surface area contributed by atoms with E-state index in [0.29, 0.717) is 0 Å². The highest BCUT2D eigenvalue weighted by atomic mass is 32.2. The summed E-state index contributed by atoms with van der Waals surface area (Å²) >= 11 is 0. The number of piperidine rings is 1. The van der Waals surface area contributed by atoms with Gasteiger partial charge in [0.15, 0.2) is 0 Å². The van der Waals surface area contributed by atoms with E-state index in [1.807, 2.05) is 4.90 Å². The van der Waals surface area contributed by atoms with E-state index >= 15 is 0 Å². The van der Waals surface area contributed by atoms with Gasteiger partial charge in [0.25, 0.3) is 10.1 Å². The quantitative estimate of drug-likeness (QED) is 0.770. The van der Waals surface area contributed by atoms with Gasteiger partial charge in [-0.05, 0) is 25.0 Å². The number of benzene rings is 1. The Hall–Kier alpha value is -0.910. The number of hydrogen-bond acceptors (Lipinski definition) is 4. The first-order chi connectivity index (χ1) is 8.18. The van der Waals surface area contributed by atoms with Gasteiger partial charge in [0.05, 0.1) is 4.90 Å². The Bertz CT molecular complexity index is 438. The molecule has 0 amide bonds. The molecule has 17 heavy (non-hydrogen) atoms. The lowest BCUT2D eigenvalue weighted by Gasteiger charge is -2.25. The Kier molecular flexibility index (Phi) is 4.15. The Morgan fingerprint density at radius 3 is 2.35 bits per heavy atom. The summed E-state index contributed by atoms with van der Waals surface area (Å²) in [6, 6.07) is 8.26. The molecule has 0 saturated carbocycles. The van der Waals surface area contributed by atoms with Crippen molar-refractivity contribution in [3.63, 3.8) is 0 Å². The highest BCUT2D eigenvalue weighted by Gasteiger charge is 2.17. The van der Waals surface area contributed by atoms with E-state index in [1.54, 1.807) is 30.3 Å². The van der Waals surface area contributed by atoms with Gasteiger partial charge in [0.1, 0.15) is 6.73 Å². The van der Waals surface area contributed by atoms with Crippen LogP contribution >= 0.6 is 0 Å². The van der Waals surface area contributed by atoms with Gasteiger partial charge in [-0.1, -0.05) is 24.6 Å². The molecule has 0 radical (unpaired) electrons. The first-order valence-corrected chi connectivity index (χ1v) is 7.26. The van der Waals surface area contributed by atoms with Crippen molar-refractivity contribution in [3.8, 4) is 0 Å². The van der Waals surface area contributed by atoms with Gasteiger partial charge in [-0.2, -0.15) is 8.42 Å². The molecule has 1 aromatic rings. The predicted molar refractivity (Wildman–Crippen MR) is 65.0 cm³/mol. The zero-order valence-electron chi connectivity index (χ0n) is 9.71. The minimum atomic E-state index is -3.60. The molecule has 5 heteroatoms. The number of nitrogens with zero attached hydrogens (tertiary/aromatic N) is 1. The van der Waals surface area contributed by atoms with Crippen LogP contribution in [0.2, 0.25) is 0 Å². The molecular formula is C12H17NO3S. The molecule has 0 bridgehead atoms. The summed E-state index contributed by atoms with van der Waals surface area (Å²) in [7, 11) is -3.60. The molecule has 1 aromatic carbocycles. The zero-order chi connectivity index (χ0) is 12.1. The largest absolute Gasteiger partial charge is 0.298 e. The summed E-state index contributed by atoms with van der Waals surface area (Å²) in [5.74, 6) is 0. The van der Waals surface area contributed by atoms with Crippen molar-refractivity contribution in [1.29, 1.82) is 0 Å². The van der Waals surface area contributed by atoms with E-state index in [4.69, 9.17) is 4.18 Å². The lowest BCUT2D eigenvalue weighted by atomic mass is 10.1. The Balaban J connectivity index is 1.94. The fraction of sp³-hybridized carbons (Fsp3) is 0.500. The van der Waals surface area contributed by atoms with Crippen molar-refractivity contribution >= 4 is 10.1 Å². The molecular weight excluding hydrogens is 238 g/mol. The Morgan fingerprint density at radius 2 is 1.71 bits per heavy atom. The summed E-state index contributed by atoms with van der Waals surface area (Å²) in [5, 5.41) is 0. The van der Waals surface area contributed by atoms with Crippen molar-refractivity contribution < 1.29 is 12.6 Å². The van der Waals surface area contributed by atoms with Crippen LogP contribution in [-0.2, 0) is 14.3 Å². The maximum Gasteiger partial charge on any atom is 0.298 e. The third kappa shape index (κ3) is 3.52. The molecule has 0 spiro atoms. The third-order valence-electron chi connectivity index (χ3n) is 2.87. The average molecular weight is 255 g/mol. The smallest absolute Gasteiger partial charge is 0.280 e. The second kappa shape index (κ2) is 5.62. The first-order valence-electron chi connectivity index (χ1n) is 5.85. The van der Waals surface area contributed by atoms with Crippen LogP contribution in [0.5, 0.6) is 0 Å². The third-order valence-corrected chi connectivity index (χ3v) is 4.14. The molecule has 1 aliphatic rings. The van der Waals surface area contributed by atoms with Crippen molar-refractivity contribution in [2.75, 3.05) is 19.8 Å². The molecule has 1 heterocycles. The van der Waals surface area contributed by atoms with Crippen molar-refractivity contribution in [3.05, 3.63) is 30.3 Å². The molecule has 2 rings (SSSR count).